The molecular weight excluding hydrogens is 440 g/mol. The number of amides is 3. The van der Waals surface area contributed by atoms with Gasteiger partial charge in [0.1, 0.15) is 5.70 Å². The van der Waals surface area contributed by atoms with Crippen LogP contribution >= 0.6 is 0 Å². The van der Waals surface area contributed by atoms with E-state index in [4.69, 9.17) is 0 Å². The van der Waals surface area contributed by atoms with Crippen LogP contribution in [-0.2, 0) is 9.59 Å². The molecule has 1 atom stereocenters. The van der Waals surface area contributed by atoms with Gasteiger partial charge < -0.3 is 20.1 Å². The summed E-state index contributed by atoms with van der Waals surface area (Å²) in [6, 6.07) is 16.6. The van der Waals surface area contributed by atoms with Gasteiger partial charge in [0.15, 0.2) is 0 Å². The lowest BCUT2D eigenvalue weighted by Crippen LogP contribution is -2.48. The van der Waals surface area contributed by atoms with Crippen molar-refractivity contribution < 1.29 is 14.4 Å². The highest BCUT2D eigenvalue weighted by molar-refractivity contribution is 6.06. The molecule has 0 unspecified atom stereocenters. The Balaban J connectivity index is 1.63. The normalized spacial score (nSPS) is 16.2. The number of hydrogen-bond donors (Lipinski definition) is 2. The molecule has 0 saturated carbocycles. The van der Waals surface area contributed by atoms with Crippen molar-refractivity contribution in [1.29, 1.82) is 0 Å². The van der Waals surface area contributed by atoms with Crippen LogP contribution in [-0.4, -0.2) is 58.7 Å². The highest BCUT2D eigenvalue weighted by atomic mass is 16.2. The van der Waals surface area contributed by atoms with E-state index >= 15 is 0 Å². The van der Waals surface area contributed by atoms with Gasteiger partial charge in [0.25, 0.3) is 11.8 Å². The number of nitrogens with one attached hydrogen (secondary N) is 2. The van der Waals surface area contributed by atoms with Gasteiger partial charge in [-0.25, -0.2) is 0 Å². The second kappa shape index (κ2) is 11.0. The lowest BCUT2D eigenvalue weighted by Gasteiger charge is -2.35. The number of aromatic nitrogens is 1. The van der Waals surface area contributed by atoms with E-state index < -0.39 is 0 Å². The summed E-state index contributed by atoms with van der Waals surface area (Å²) in [6.07, 6.45) is 5.06. The molecular formula is C28H32N4O3. The van der Waals surface area contributed by atoms with Crippen molar-refractivity contribution in [3.63, 3.8) is 0 Å². The van der Waals surface area contributed by atoms with Crippen LogP contribution in [0.4, 0.5) is 0 Å². The van der Waals surface area contributed by atoms with E-state index in [9.17, 15) is 14.4 Å². The molecule has 0 spiro atoms. The third-order valence-corrected chi connectivity index (χ3v) is 6.57. The number of rotatable bonds is 7. The molecule has 3 aromatic rings. The van der Waals surface area contributed by atoms with Crippen molar-refractivity contribution in [2.75, 3.05) is 26.2 Å². The fourth-order valence-electron chi connectivity index (χ4n) is 4.63. The molecule has 0 bridgehead atoms. The van der Waals surface area contributed by atoms with Crippen LogP contribution in [0.1, 0.15) is 42.6 Å². The molecule has 1 aliphatic heterocycles. The van der Waals surface area contributed by atoms with Gasteiger partial charge in [0.05, 0.1) is 5.92 Å². The average molecular weight is 473 g/mol. The number of nitrogens with zero attached hydrogens (tertiary/aromatic N) is 2. The molecule has 182 valence electrons. The van der Waals surface area contributed by atoms with Crippen molar-refractivity contribution in [2.24, 2.45) is 5.92 Å². The standard InChI is InChI=1S/C28H32N4O3/c1-3-31(4-2)27(34)21-13-10-16-32(19-21)28(35)25(30-26(33)20-11-6-5-7-12-20)17-22-18-29-24-15-9-8-14-23(22)24/h5-9,11-12,14-15,17-18,21,29H,3-4,10,13,16,19H2,1-2H3,(H,30,33)/b25-17-/t21-/m0/s1. The summed E-state index contributed by atoms with van der Waals surface area (Å²) in [4.78, 5) is 46.4. The molecule has 0 radical (unpaired) electrons. The SMILES string of the molecule is CCN(CC)C(=O)[C@H]1CCCN(C(=O)/C(=C/c2c[nH]c3ccccc23)NC(=O)c2ccccc2)C1. The highest BCUT2D eigenvalue weighted by Gasteiger charge is 2.32. The van der Waals surface area contributed by atoms with E-state index in [0.717, 1.165) is 29.3 Å². The molecule has 2 aromatic carbocycles. The van der Waals surface area contributed by atoms with Crippen molar-refractivity contribution in [1.82, 2.24) is 20.1 Å². The smallest absolute Gasteiger partial charge is 0.270 e. The molecule has 7 heteroatoms. The van der Waals surface area contributed by atoms with Gasteiger partial charge in [-0.2, -0.15) is 0 Å². The van der Waals surface area contributed by atoms with Gasteiger partial charge in [0.2, 0.25) is 5.91 Å². The second-order valence-corrected chi connectivity index (χ2v) is 8.77. The van der Waals surface area contributed by atoms with Gasteiger partial charge in [0, 0.05) is 54.4 Å². The fourth-order valence-corrected chi connectivity index (χ4v) is 4.63. The number of fused-ring (bicyclic) bond motifs is 1. The molecule has 4 rings (SSSR count). The van der Waals surface area contributed by atoms with Crippen molar-refractivity contribution in [3.8, 4) is 0 Å². The van der Waals surface area contributed by atoms with Crippen LogP contribution in [0.15, 0.2) is 66.5 Å². The van der Waals surface area contributed by atoms with Gasteiger partial charge in [-0.15, -0.1) is 0 Å². The molecule has 1 aromatic heterocycles. The van der Waals surface area contributed by atoms with Crippen LogP contribution in [0.25, 0.3) is 17.0 Å². The number of hydrogen-bond acceptors (Lipinski definition) is 3. The number of carbonyl (C=O) groups excluding carboxylic acids is 3. The number of aromatic amines is 1. The number of benzene rings is 2. The summed E-state index contributed by atoms with van der Waals surface area (Å²) >= 11 is 0. The summed E-state index contributed by atoms with van der Waals surface area (Å²) in [7, 11) is 0. The zero-order chi connectivity index (χ0) is 24.8. The van der Waals surface area contributed by atoms with E-state index in [2.05, 4.69) is 10.3 Å². The first-order valence-electron chi connectivity index (χ1n) is 12.2. The summed E-state index contributed by atoms with van der Waals surface area (Å²) in [6.45, 7) is 6.13. The largest absolute Gasteiger partial charge is 0.361 e. The molecule has 2 heterocycles. The van der Waals surface area contributed by atoms with Gasteiger partial charge in [-0.3, -0.25) is 14.4 Å². The molecule has 1 saturated heterocycles. The lowest BCUT2D eigenvalue weighted by atomic mass is 9.96. The summed E-state index contributed by atoms with van der Waals surface area (Å²) < 4.78 is 0. The summed E-state index contributed by atoms with van der Waals surface area (Å²) in [5.41, 5.74) is 2.42. The predicted octanol–water partition coefficient (Wildman–Crippen LogP) is 4.05. The first kappa shape index (κ1) is 24.3. The van der Waals surface area contributed by atoms with Gasteiger partial charge in [-0.1, -0.05) is 36.4 Å². The highest BCUT2D eigenvalue weighted by Crippen LogP contribution is 2.23. The third-order valence-electron chi connectivity index (χ3n) is 6.57. The zero-order valence-electron chi connectivity index (χ0n) is 20.3. The number of carbonyl (C=O) groups is 3. The Hall–Kier alpha value is -3.87. The van der Waals surface area contributed by atoms with Crippen LogP contribution in [0.5, 0.6) is 0 Å². The minimum absolute atomic E-state index is 0.0861. The Bertz CT molecular complexity index is 1230. The monoisotopic (exact) mass is 472 g/mol. The molecule has 35 heavy (non-hydrogen) atoms. The quantitative estimate of drug-likeness (QED) is 0.509. The van der Waals surface area contributed by atoms with Crippen LogP contribution in [0, 0.1) is 5.92 Å². The maximum Gasteiger partial charge on any atom is 0.270 e. The lowest BCUT2D eigenvalue weighted by molar-refractivity contribution is -0.139. The Kier molecular flexibility index (Phi) is 7.65. The summed E-state index contributed by atoms with van der Waals surface area (Å²) in [5.74, 6) is -0.774. The second-order valence-electron chi connectivity index (χ2n) is 8.77. The zero-order valence-corrected chi connectivity index (χ0v) is 20.3. The average Bonchev–Trinajstić information content (AvgIpc) is 3.31. The maximum atomic E-state index is 13.7. The molecule has 0 aliphatic carbocycles. The number of piperidine rings is 1. The van der Waals surface area contributed by atoms with E-state index in [1.54, 1.807) is 35.2 Å². The summed E-state index contributed by atoms with van der Waals surface area (Å²) in [5, 5.41) is 3.80. The Morgan fingerprint density at radius 2 is 1.77 bits per heavy atom. The van der Waals surface area contributed by atoms with Crippen LogP contribution in [0.2, 0.25) is 0 Å². The molecule has 3 amide bonds. The maximum absolute atomic E-state index is 13.7. The predicted molar refractivity (Wildman–Crippen MR) is 137 cm³/mol. The fraction of sp³-hybridized carbons (Fsp3) is 0.321. The number of H-pyrrole nitrogens is 1. The van der Waals surface area contributed by atoms with Crippen molar-refractivity contribution in [3.05, 3.63) is 77.6 Å². The Morgan fingerprint density at radius 3 is 2.51 bits per heavy atom. The topological polar surface area (TPSA) is 85.5 Å². The first-order valence-corrected chi connectivity index (χ1v) is 12.2. The van der Waals surface area contributed by atoms with E-state index in [1.807, 2.05) is 55.3 Å². The van der Waals surface area contributed by atoms with E-state index in [0.29, 0.717) is 31.7 Å². The van der Waals surface area contributed by atoms with Crippen molar-refractivity contribution >= 4 is 34.7 Å². The molecule has 2 N–H and O–H groups in total. The Labute approximate surface area is 205 Å². The number of para-hydroxylation sites is 1. The van der Waals surface area contributed by atoms with Gasteiger partial charge >= 0.3 is 0 Å². The molecule has 1 fully saturated rings. The van der Waals surface area contributed by atoms with Crippen LogP contribution < -0.4 is 5.32 Å². The number of likely N-dealkylation sites (tertiary alicyclic amines) is 1. The molecule has 7 nitrogen and oxygen atoms in total. The first-order chi connectivity index (χ1) is 17.0. The minimum Gasteiger partial charge on any atom is -0.361 e. The van der Waals surface area contributed by atoms with Gasteiger partial charge in [-0.05, 0) is 51.0 Å². The minimum atomic E-state index is -0.349. The third kappa shape index (κ3) is 5.45. The van der Waals surface area contributed by atoms with Crippen molar-refractivity contribution in [2.45, 2.75) is 26.7 Å². The molecule has 1 aliphatic rings. The van der Waals surface area contributed by atoms with Crippen LogP contribution in [0.3, 0.4) is 0 Å². The van der Waals surface area contributed by atoms with E-state index in [-0.39, 0.29) is 29.3 Å². The van der Waals surface area contributed by atoms with E-state index in [1.165, 1.54) is 0 Å². The Morgan fingerprint density at radius 1 is 1.06 bits per heavy atom.